The molecule has 0 bridgehead atoms. The number of benzene rings is 1. The van der Waals surface area contributed by atoms with Crippen molar-refractivity contribution in [3.63, 3.8) is 0 Å². The van der Waals surface area contributed by atoms with Gasteiger partial charge in [0.2, 0.25) is 0 Å². The number of hydrogen-bond acceptors (Lipinski definition) is 0. The molecule has 1 aromatic rings. The molecule has 10 heavy (non-hydrogen) atoms. The van der Waals surface area contributed by atoms with E-state index in [1.54, 1.807) is 0 Å². The maximum absolute atomic E-state index is 2.60. The average molecular weight is 199 g/mol. The number of aryl methyl sites for hydroxylation is 1. The van der Waals surface area contributed by atoms with Crippen LogP contribution in [0.3, 0.4) is 0 Å². The summed E-state index contributed by atoms with van der Waals surface area (Å²) >= 11 is 2.60. The number of hydrogen-bond donors (Lipinski definition) is 0. The minimum atomic E-state index is 1.33. The van der Waals surface area contributed by atoms with Crippen LogP contribution in [0.4, 0.5) is 0 Å². The Hall–Kier alpha value is -0.261. The average Bonchev–Trinajstić information content (AvgIpc) is 1.93. The Balaban J connectivity index is 3.34. The molecule has 0 radical (unpaired) electrons. The SMILES string of the molecule is Cc1ccc([SeH])c(C)c1C. The first-order chi connectivity index (χ1) is 4.63. The zero-order valence-corrected chi connectivity index (χ0v) is 8.48. The van der Waals surface area contributed by atoms with E-state index in [9.17, 15) is 0 Å². The molecule has 0 spiro atoms. The fraction of sp³-hybridized carbons (Fsp3) is 0.333. The summed E-state index contributed by atoms with van der Waals surface area (Å²) in [5, 5.41) is 0. The Bertz CT molecular complexity index is 224. The molecule has 54 valence electrons. The summed E-state index contributed by atoms with van der Waals surface area (Å²) in [6.07, 6.45) is 0. The predicted octanol–water partition coefficient (Wildman–Crippen LogP) is 1.14. The van der Waals surface area contributed by atoms with E-state index in [0.29, 0.717) is 0 Å². The Morgan fingerprint density at radius 3 is 2.10 bits per heavy atom. The van der Waals surface area contributed by atoms with Crippen LogP contribution in [-0.2, 0) is 0 Å². The molecule has 0 aliphatic heterocycles. The summed E-state index contributed by atoms with van der Waals surface area (Å²) in [5.74, 6) is 0. The van der Waals surface area contributed by atoms with Gasteiger partial charge >= 0.3 is 70.1 Å². The van der Waals surface area contributed by atoms with Crippen LogP contribution in [-0.4, -0.2) is 16.0 Å². The Labute approximate surface area is 70.5 Å². The van der Waals surface area contributed by atoms with Gasteiger partial charge in [0.25, 0.3) is 0 Å². The van der Waals surface area contributed by atoms with Gasteiger partial charge in [-0.3, -0.25) is 0 Å². The topological polar surface area (TPSA) is 0 Å². The fourth-order valence-electron chi connectivity index (χ4n) is 0.942. The van der Waals surface area contributed by atoms with E-state index in [1.165, 1.54) is 21.2 Å². The molecule has 0 atom stereocenters. The van der Waals surface area contributed by atoms with Gasteiger partial charge in [-0.1, -0.05) is 0 Å². The van der Waals surface area contributed by atoms with Gasteiger partial charge < -0.3 is 0 Å². The van der Waals surface area contributed by atoms with Crippen LogP contribution in [0.25, 0.3) is 0 Å². The molecule has 0 saturated carbocycles. The fourth-order valence-corrected chi connectivity index (χ4v) is 1.45. The second kappa shape index (κ2) is 2.77. The molecule has 1 aromatic carbocycles. The van der Waals surface area contributed by atoms with Crippen molar-refractivity contribution in [2.24, 2.45) is 0 Å². The second-order valence-corrected chi connectivity index (χ2v) is 3.66. The summed E-state index contributed by atoms with van der Waals surface area (Å²) in [7, 11) is 0. The number of rotatable bonds is 0. The third-order valence-corrected chi connectivity index (χ3v) is 3.05. The first kappa shape index (κ1) is 7.84. The van der Waals surface area contributed by atoms with E-state index in [4.69, 9.17) is 0 Å². The Morgan fingerprint density at radius 2 is 1.60 bits per heavy atom. The van der Waals surface area contributed by atoms with Crippen LogP contribution in [0.2, 0.25) is 0 Å². The van der Waals surface area contributed by atoms with E-state index in [2.05, 4.69) is 48.9 Å². The molecule has 0 fully saturated rings. The third kappa shape index (κ3) is 1.25. The molecule has 0 aliphatic rings. The van der Waals surface area contributed by atoms with E-state index < -0.39 is 0 Å². The van der Waals surface area contributed by atoms with Crippen LogP contribution in [0.15, 0.2) is 12.1 Å². The van der Waals surface area contributed by atoms with Crippen molar-refractivity contribution in [3.8, 4) is 0 Å². The zero-order chi connectivity index (χ0) is 7.72. The summed E-state index contributed by atoms with van der Waals surface area (Å²) < 4.78 is 1.33. The van der Waals surface area contributed by atoms with E-state index in [-0.39, 0.29) is 0 Å². The molecule has 0 amide bonds. The molecule has 1 heteroatoms. The summed E-state index contributed by atoms with van der Waals surface area (Å²) in [6.45, 7) is 6.48. The van der Waals surface area contributed by atoms with Crippen LogP contribution in [0.1, 0.15) is 16.7 Å². The molecule has 1 rings (SSSR count). The standard InChI is InChI=1S/C9H12Se/c1-6-4-5-9(10)8(3)7(6)2/h4-5,10H,1-3H3. The van der Waals surface area contributed by atoms with Gasteiger partial charge in [0.1, 0.15) is 0 Å². The molecular formula is C9H12Se. The van der Waals surface area contributed by atoms with Crippen molar-refractivity contribution in [1.82, 2.24) is 0 Å². The van der Waals surface area contributed by atoms with Crippen molar-refractivity contribution in [1.29, 1.82) is 0 Å². The first-order valence-corrected chi connectivity index (χ1v) is 4.32. The second-order valence-electron chi connectivity index (χ2n) is 2.65. The van der Waals surface area contributed by atoms with Crippen LogP contribution in [0, 0.1) is 20.8 Å². The summed E-state index contributed by atoms with van der Waals surface area (Å²) in [6, 6.07) is 4.31. The molecule has 0 N–H and O–H groups in total. The molecule has 0 aliphatic carbocycles. The zero-order valence-electron chi connectivity index (χ0n) is 6.60. The van der Waals surface area contributed by atoms with Gasteiger partial charge in [-0.25, -0.2) is 0 Å². The summed E-state index contributed by atoms with van der Waals surface area (Å²) in [4.78, 5) is 0. The van der Waals surface area contributed by atoms with E-state index in [1.807, 2.05) is 0 Å². The van der Waals surface area contributed by atoms with Gasteiger partial charge in [-0.05, 0) is 0 Å². The Morgan fingerprint density at radius 1 is 1.00 bits per heavy atom. The van der Waals surface area contributed by atoms with Crippen LogP contribution >= 0.6 is 0 Å². The summed E-state index contributed by atoms with van der Waals surface area (Å²) in [5.41, 5.74) is 4.20. The predicted molar refractivity (Wildman–Crippen MR) is 47.4 cm³/mol. The normalized spacial score (nSPS) is 10.0. The molecule has 0 nitrogen and oxygen atoms in total. The van der Waals surface area contributed by atoms with Crippen LogP contribution < -0.4 is 4.46 Å². The van der Waals surface area contributed by atoms with Gasteiger partial charge in [-0.15, -0.1) is 0 Å². The van der Waals surface area contributed by atoms with Crippen LogP contribution in [0.5, 0.6) is 0 Å². The van der Waals surface area contributed by atoms with Crippen molar-refractivity contribution < 1.29 is 0 Å². The van der Waals surface area contributed by atoms with Gasteiger partial charge in [0.15, 0.2) is 0 Å². The molecule has 0 unspecified atom stereocenters. The van der Waals surface area contributed by atoms with E-state index >= 15 is 0 Å². The van der Waals surface area contributed by atoms with Gasteiger partial charge in [0.05, 0.1) is 0 Å². The molecule has 0 aromatic heterocycles. The van der Waals surface area contributed by atoms with Gasteiger partial charge in [0, 0.05) is 0 Å². The minimum absolute atomic E-state index is 1.33. The molecule has 0 heterocycles. The van der Waals surface area contributed by atoms with Crippen molar-refractivity contribution in [2.45, 2.75) is 20.8 Å². The first-order valence-electron chi connectivity index (χ1n) is 3.38. The molecular weight excluding hydrogens is 187 g/mol. The van der Waals surface area contributed by atoms with Crippen molar-refractivity contribution in [2.75, 3.05) is 0 Å². The van der Waals surface area contributed by atoms with Crippen molar-refractivity contribution in [3.05, 3.63) is 28.8 Å². The van der Waals surface area contributed by atoms with Gasteiger partial charge in [-0.2, -0.15) is 0 Å². The van der Waals surface area contributed by atoms with E-state index in [0.717, 1.165) is 0 Å². The van der Waals surface area contributed by atoms with Crippen molar-refractivity contribution >= 4 is 20.5 Å². The monoisotopic (exact) mass is 200 g/mol. The quantitative estimate of drug-likeness (QED) is 0.549. The third-order valence-electron chi connectivity index (χ3n) is 2.03. The molecule has 0 saturated heterocycles. The Kier molecular flexibility index (Phi) is 2.17. The maximum atomic E-state index is 2.60.